The SMILES string of the molecule is CNC(c1ccc2c(c1)OCCO2)c1c(Br)nnn1C. The molecule has 1 aromatic heterocycles. The number of rotatable bonds is 3. The fraction of sp³-hybridized carbons (Fsp3) is 0.385. The van der Waals surface area contributed by atoms with E-state index in [4.69, 9.17) is 9.47 Å². The van der Waals surface area contributed by atoms with Gasteiger partial charge in [0.25, 0.3) is 0 Å². The molecule has 20 heavy (non-hydrogen) atoms. The predicted molar refractivity (Wildman–Crippen MR) is 77.0 cm³/mol. The van der Waals surface area contributed by atoms with E-state index in [9.17, 15) is 0 Å². The molecule has 3 rings (SSSR count). The Morgan fingerprint density at radius 3 is 2.70 bits per heavy atom. The number of nitrogens with one attached hydrogen (secondary N) is 1. The van der Waals surface area contributed by atoms with E-state index in [0.717, 1.165) is 27.4 Å². The fourth-order valence-corrected chi connectivity index (χ4v) is 2.90. The van der Waals surface area contributed by atoms with Crippen LogP contribution in [0.4, 0.5) is 0 Å². The van der Waals surface area contributed by atoms with Crippen LogP contribution in [-0.4, -0.2) is 35.3 Å². The molecule has 0 bridgehead atoms. The maximum Gasteiger partial charge on any atom is 0.161 e. The van der Waals surface area contributed by atoms with Crippen LogP contribution >= 0.6 is 15.9 Å². The van der Waals surface area contributed by atoms with Gasteiger partial charge in [-0.05, 0) is 40.7 Å². The molecular formula is C13H15BrN4O2. The minimum absolute atomic E-state index is 0.0276. The smallest absolute Gasteiger partial charge is 0.161 e. The Balaban J connectivity index is 2.01. The van der Waals surface area contributed by atoms with E-state index in [1.54, 1.807) is 4.68 Å². The van der Waals surface area contributed by atoms with Gasteiger partial charge < -0.3 is 14.8 Å². The first-order valence-corrected chi connectivity index (χ1v) is 7.12. The number of ether oxygens (including phenoxy) is 2. The van der Waals surface area contributed by atoms with Gasteiger partial charge in [-0.25, -0.2) is 4.68 Å². The molecule has 0 aliphatic carbocycles. The Kier molecular flexibility index (Phi) is 3.62. The van der Waals surface area contributed by atoms with Crippen molar-refractivity contribution in [2.75, 3.05) is 20.3 Å². The minimum Gasteiger partial charge on any atom is -0.486 e. The maximum atomic E-state index is 5.63. The van der Waals surface area contributed by atoms with Gasteiger partial charge in [0.05, 0.1) is 11.7 Å². The van der Waals surface area contributed by atoms with Crippen molar-refractivity contribution in [2.45, 2.75) is 6.04 Å². The summed E-state index contributed by atoms with van der Waals surface area (Å²) in [5.41, 5.74) is 2.03. The monoisotopic (exact) mass is 338 g/mol. The molecule has 1 aliphatic heterocycles. The van der Waals surface area contributed by atoms with E-state index in [0.29, 0.717) is 13.2 Å². The molecular weight excluding hydrogens is 324 g/mol. The van der Waals surface area contributed by atoms with Crippen molar-refractivity contribution < 1.29 is 9.47 Å². The molecule has 0 radical (unpaired) electrons. The van der Waals surface area contributed by atoms with Crippen LogP contribution in [-0.2, 0) is 7.05 Å². The van der Waals surface area contributed by atoms with Crippen LogP contribution in [0.3, 0.4) is 0 Å². The number of halogens is 1. The Bertz CT molecular complexity index is 609. The molecule has 1 aromatic carbocycles. The molecule has 6 nitrogen and oxygen atoms in total. The van der Waals surface area contributed by atoms with Gasteiger partial charge in [0, 0.05) is 7.05 Å². The summed E-state index contributed by atoms with van der Waals surface area (Å²) in [6.07, 6.45) is 0. The fourth-order valence-electron chi connectivity index (χ4n) is 2.35. The van der Waals surface area contributed by atoms with Gasteiger partial charge in [0.1, 0.15) is 13.2 Å². The summed E-state index contributed by atoms with van der Waals surface area (Å²) in [4.78, 5) is 0. The molecule has 0 saturated heterocycles. The molecule has 1 unspecified atom stereocenters. The lowest BCUT2D eigenvalue weighted by molar-refractivity contribution is 0.171. The van der Waals surface area contributed by atoms with E-state index in [1.807, 2.05) is 32.3 Å². The van der Waals surface area contributed by atoms with Crippen LogP contribution in [0.1, 0.15) is 17.3 Å². The van der Waals surface area contributed by atoms with Crippen LogP contribution in [0.25, 0.3) is 0 Å². The number of nitrogens with zero attached hydrogens (tertiary/aromatic N) is 3. The number of hydrogen-bond donors (Lipinski definition) is 1. The second-order valence-electron chi connectivity index (χ2n) is 4.51. The van der Waals surface area contributed by atoms with Gasteiger partial charge in [0.15, 0.2) is 16.1 Å². The zero-order valence-electron chi connectivity index (χ0n) is 11.3. The quantitative estimate of drug-likeness (QED) is 0.922. The summed E-state index contributed by atoms with van der Waals surface area (Å²) in [5.74, 6) is 1.57. The van der Waals surface area contributed by atoms with E-state index < -0.39 is 0 Å². The Hall–Kier alpha value is -1.60. The van der Waals surface area contributed by atoms with E-state index >= 15 is 0 Å². The highest BCUT2D eigenvalue weighted by atomic mass is 79.9. The molecule has 1 aliphatic rings. The number of aromatic nitrogens is 3. The molecule has 0 saturated carbocycles. The number of aryl methyl sites for hydroxylation is 1. The second-order valence-corrected chi connectivity index (χ2v) is 5.27. The van der Waals surface area contributed by atoms with E-state index in [1.165, 1.54) is 0 Å². The lowest BCUT2D eigenvalue weighted by Gasteiger charge is -2.22. The first kappa shape index (κ1) is 13.4. The van der Waals surface area contributed by atoms with Crippen LogP contribution < -0.4 is 14.8 Å². The van der Waals surface area contributed by atoms with Crippen LogP contribution in [0.5, 0.6) is 11.5 Å². The van der Waals surface area contributed by atoms with Gasteiger partial charge in [-0.2, -0.15) is 0 Å². The van der Waals surface area contributed by atoms with Crippen molar-refractivity contribution in [3.05, 3.63) is 34.1 Å². The molecule has 106 valence electrons. The average molecular weight is 339 g/mol. The summed E-state index contributed by atoms with van der Waals surface area (Å²) >= 11 is 3.44. The van der Waals surface area contributed by atoms with Crippen molar-refractivity contribution in [2.24, 2.45) is 7.05 Å². The van der Waals surface area contributed by atoms with Crippen molar-refractivity contribution in [1.29, 1.82) is 0 Å². The maximum absolute atomic E-state index is 5.63. The van der Waals surface area contributed by atoms with E-state index in [-0.39, 0.29) is 6.04 Å². The topological polar surface area (TPSA) is 61.2 Å². The van der Waals surface area contributed by atoms with Crippen LogP contribution in [0.15, 0.2) is 22.8 Å². The lowest BCUT2D eigenvalue weighted by Crippen LogP contribution is -2.22. The van der Waals surface area contributed by atoms with Crippen molar-refractivity contribution in [3.8, 4) is 11.5 Å². The molecule has 0 amide bonds. The highest BCUT2D eigenvalue weighted by Crippen LogP contribution is 2.35. The van der Waals surface area contributed by atoms with Gasteiger partial charge in [0.2, 0.25) is 0 Å². The molecule has 7 heteroatoms. The van der Waals surface area contributed by atoms with Gasteiger partial charge in [-0.15, -0.1) is 5.10 Å². The van der Waals surface area contributed by atoms with Crippen molar-refractivity contribution in [1.82, 2.24) is 20.3 Å². The van der Waals surface area contributed by atoms with Crippen molar-refractivity contribution >= 4 is 15.9 Å². The van der Waals surface area contributed by atoms with Gasteiger partial charge in [-0.3, -0.25) is 0 Å². The lowest BCUT2D eigenvalue weighted by atomic mass is 10.0. The van der Waals surface area contributed by atoms with Crippen LogP contribution in [0.2, 0.25) is 0 Å². The zero-order chi connectivity index (χ0) is 14.1. The third kappa shape index (κ3) is 2.27. The Morgan fingerprint density at radius 2 is 2.05 bits per heavy atom. The average Bonchev–Trinajstić information content (AvgIpc) is 2.80. The predicted octanol–water partition coefficient (Wildman–Crippen LogP) is 1.66. The highest BCUT2D eigenvalue weighted by molar-refractivity contribution is 9.10. The minimum atomic E-state index is -0.0276. The number of fused-ring (bicyclic) bond motifs is 1. The largest absolute Gasteiger partial charge is 0.486 e. The van der Waals surface area contributed by atoms with E-state index in [2.05, 4.69) is 31.6 Å². The molecule has 0 fully saturated rings. The summed E-state index contributed by atoms with van der Waals surface area (Å²) in [5, 5.41) is 11.3. The third-order valence-electron chi connectivity index (χ3n) is 3.29. The summed E-state index contributed by atoms with van der Waals surface area (Å²) in [6.45, 7) is 1.18. The normalized spacial score (nSPS) is 15.2. The third-order valence-corrected chi connectivity index (χ3v) is 3.85. The molecule has 1 N–H and O–H groups in total. The summed E-state index contributed by atoms with van der Waals surface area (Å²) in [7, 11) is 3.77. The highest BCUT2D eigenvalue weighted by Gasteiger charge is 2.22. The Labute approximate surface area is 125 Å². The van der Waals surface area contributed by atoms with Crippen molar-refractivity contribution in [3.63, 3.8) is 0 Å². The summed E-state index contributed by atoms with van der Waals surface area (Å²) in [6, 6.07) is 5.93. The zero-order valence-corrected chi connectivity index (χ0v) is 12.8. The van der Waals surface area contributed by atoms with Crippen LogP contribution in [0, 0.1) is 0 Å². The molecule has 1 atom stereocenters. The molecule has 2 aromatic rings. The second kappa shape index (κ2) is 5.41. The van der Waals surface area contributed by atoms with Gasteiger partial charge >= 0.3 is 0 Å². The molecule has 2 heterocycles. The first-order chi connectivity index (χ1) is 9.70. The number of benzene rings is 1. The first-order valence-electron chi connectivity index (χ1n) is 6.32. The Morgan fingerprint density at radius 1 is 1.30 bits per heavy atom. The number of hydrogen-bond acceptors (Lipinski definition) is 5. The van der Waals surface area contributed by atoms with Gasteiger partial charge in [-0.1, -0.05) is 11.3 Å². The molecule has 0 spiro atoms. The summed E-state index contributed by atoms with van der Waals surface area (Å²) < 4.78 is 13.7. The standard InChI is InChI=1S/C13H15BrN4O2/c1-15-11(12-13(14)16-17-18(12)2)8-3-4-9-10(7-8)20-6-5-19-9/h3-4,7,11,15H,5-6H2,1-2H3.